The number of carbonyl (C=O) groups excluding carboxylic acids is 1. The van der Waals surface area contributed by atoms with Gasteiger partial charge in [-0.25, -0.2) is 4.98 Å². The second-order valence-corrected chi connectivity index (χ2v) is 8.37. The fourth-order valence-corrected chi connectivity index (χ4v) is 4.34. The van der Waals surface area contributed by atoms with Crippen molar-refractivity contribution in [2.75, 3.05) is 19.9 Å². The summed E-state index contributed by atoms with van der Waals surface area (Å²) in [5.74, 6) is 1.17. The molecule has 1 amide bonds. The fourth-order valence-electron chi connectivity index (χ4n) is 3.22. The lowest BCUT2D eigenvalue weighted by Gasteiger charge is -2.18. The molecule has 0 aliphatic carbocycles. The standard InChI is InChI=1S/C23H20ClN3O4S/c1-26(13-16-6-5-11-31-16)21(28)14-32-23-25-18-12-15(24)9-10-17(18)22(29)27(23)19-7-3-4-8-20(19)30-2/h3-12H,13-14H2,1-2H3. The average Bonchev–Trinajstić information content (AvgIpc) is 3.30. The molecule has 4 rings (SSSR count). The number of nitrogens with zero attached hydrogens (tertiary/aromatic N) is 3. The summed E-state index contributed by atoms with van der Waals surface area (Å²) >= 11 is 7.30. The van der Waals surface area contributed by atoms with E-state index in [1.54, 1.807) is 54.6 Å². The van der Waals surface area contributed by atoms with E-state index in [4.69, 9.17) is 20.8 Å². The largest absolute Gasteiger partial charge is 0.495 e. The second-order valence-electron chi connectivity index (χ2n) is 6.99. The Hall–Kier alpha value is -3.23. The van der Waals surface area contributed by atoms with E-state index in [1.807, 2.05) is 18.2 Å². The zero-order chi connectivity index (χ0) is 22.7. The van der Waals surface area contributed by atoms with Crippen LogP contribution in [0.3, 0.4) is 0 Å². The summed E-state index contributed by atoms with van der Waals surface area (Å²) in [5.41, 5.74) is 0.742. The normalized spacial score (nSPS) is 11.0. The number of rotatable bonds is 7. The summed E-state index contributed by atoms with van der Waals surface area (Å²) in [7, 11) is 3.24. The van der Waals surface area contributed by atoms with Gasteiger partial charge in [0.05, 0.1) is 42.3 Å². The van der Waals surface area contributed by atoms with Gasteiger partial charge in [0.25, 0.3) is 5.56 Å². The van der Waals surface area contributed by atoms with Gasteiger partial charge in [-0.15, -0.1) is 0 Å². The highest BCUT2D eigenvalue weighted by Gasteiger charge is 2.19. The quantitative estimate of drug-likeness (QED) is 0.295. The molecule has 2 aromatic carbocycles. The van der Waals surface area contributed by atoms with Crippen molar-refractivity contribution >= 4 is 40.2 Å². The Morgan fingerprint density at radius 3 is 2.78 bits per heavy atom. The zero-order valence-electron chi connectivity index (χ0n) is 17.4. The molecule has 0 atom stereocenters. The van der Waals surface area contributed by atoms with Crippen molar-refractivity contribution in [3.05, 3.63) is 82.0 Å². The van der Waals surface area contributed by atoms with Gasteiger partial charge in [0.15, 0.2) is 5.16 Å². The van der Waals surface area contributed by atoms with Gasteiger partial charge in [0.1, 0.15) is 11.5 Å². The van der Waals surface area contributed by atoms with E-state index in [0.717, 1.165) is 0 Å². The molecule has 0 saturated carbocycles. The van der Waals surface area contributed by atoms with Crippen molar-refractivity contribution in [3.8, 4) is 11.4 Å². The van der Waals surface area contributed by atoms with E-state index in [9.17, 15) is 9.59 Å². The van der Waals surface area contributed by atoms with Crippen molar-refractivity contribution in [3.63, 3.8) is 0 Å². The third-order valence-corrected chi connectivity index (χ3v) is 6.01. The summed E-state index contributed by atoms with van der Waals surface area (Å²) in [6.45, 7) is 0.354. The van der Waals surface area contributed by atoms with Crippen LogP contribution in [0, 0.1) is 0 Å². The van der Waals surface area contributed by atoms with Gasteiger partial charge < -0.3 is 14.1 Å². The third kappa shape index (κ3) is 4.51. The number of hydrogen-bond acceptors (Lipinski definition) is 6. The molecule has 0 aliphatic rings. The number of carbonyl (C=O) groups is 1. The molecule has 32 heavy (non-hydrogen) atoms. The lowest BCUT2D eigenvalue weighted by molar-refractivity contribution is -0.127. The molecule has 2 aromatic heterocycles. The van der Waals surface area contributed by atoms with Gasteiger partial charge in [-0.2, -0.15) is 0 Å². The maximum absolute atomic E-state index is 13.4. The van der Waals surface area contributed by atoms with Crippen LogP contribution in [0.1, 0.15) is 5.76 Å². The molecule has 4 aromatic rings. The molecule has 0 radical (unpaired) electrons. The molecular weight excluding hydrogens is 450 g/mol. The van der Waals surface area contributed by atoms with Crippen molar-refractivity contribution < 1.29 is 13.9 Å². The molecule has 0 unspecified atom stereocenters. The minimum Gasteiger partial charge on any atom is -0.495 e. The monoisotopic (exact) mass is 469 g/mol. The van der Waals surface area contributed by atoms with Crippen molar-refractivity contribution in [2.45, 2.75) is 11.7 Å². The van der Waals surface area contributed by atoms with E-state index in [1.165, 1.54) is 23.4 Å². The number of aromatic nitrogens is 2. The van der Waals surface area contributed by atoms with Crippen LogP contribution in [-0.4, -0.2) is 40.3 Å². The molecule has 0 aliphatic heterocycles. The number of ether oxygens (including phenoxy) is 1. The Morgan fingerprint density at radius 1 is 1.22 bits per heavy atom. The van der Waals surface area contributed by atoms with Gasteiger partial charge in [-0.3, -0.25) is 14.2 Å². The minimum absolute atomic E-state index is 0.0882. The molecule has 164 valence electrons. The van der Waals surface area contributed by atoms with Crippen LogP contribution in [0.25, 0.3) is 16.6 Å². The Labute approximate surface area is 193 Å². The molecule has 0 saturated heterocycles. The molecule has 2 heterocycles. The van der Waals surface area contributed by atoms with E-state index in [2.05, 4.69) is 4.98 Å². The average molecular weight is 470 g/mol. The molecule has 0 fully saturated rings. The van der Waals surface area contributed by atoms with E-state index < -0.39 is 0 Å². The minimum atomic E-state index is -0.268. The number of thioether (sulfide) groups is 1. The smallest absolute Gasteiger partial charge is 0.266 e. The van der Waals surface area contributed by atoms with E-state index in [0.29, 0.717) is 44.8 Å². The number of benzene rings is 2. The van der Waals surface area contributed by atoms with Crippen LogP contribution in [-0.2, 0) is 11.3 Å². The van der Waals surface area contributed by atoms with Crippen LogP contribution in [0.2, 0.25) is 5.02 Å². The summed E-state index contributed by atoms with van der Waals surface area (Å²) in [5, 5.41) is 1.27. The van der Waals surface area contributed by atoms with Gasteiger partial charge in [-0.05, 0) is 42.5 Å². The molecule has 9 heteroatoms. The summed E-state index contributed by atoms with van der Waals surface area (Å²) < 4.78 is 12.2. The molecule has 0 bridgehead atoms. The topological polar surface area (TPSA) is 77.6 Å². The lowest BCUT2D eigenvalue weighted by atomic mass is 10.2. The highest BCUT2D eigenvalue weighted by atomic mass is 35.5. The second kappa shape index (κ2) is 9.50. The van der Waals surface area contributed by atoms with Gasteiger partial charge in [-0.1, -0.05) is 35.5 Å². The number of para-hydroxylation sites is 2. The predicted octanol–water partition coefficient (Wildman–Crippen LogP) is 4.39. The molecular formula is C23H20ClN3O4S. The maximum atomic E-state index is 13.4. The number of halogens is 1. The van der Waals surface area contributed by atoms with Crippen LogP contribution >= 0.6 is 23.4 Å². The number of hydrogen-bond donors (Lipinski definition) is 0. The van der Waals surface area contributed by atoms with Crippen molar-refractivity contribution in [1.29, 1.82) is 0 Å². The summed E-state index contributed by atoms with van der Waals surface area (Å²) in [4.78, 5) is 32.4. The van der Waals surface area contributed by atoms with Gasteiger partial charge >= 0.3 is 0 Å². The lowest BCUT2D eigenvalue weighted by Crippen LogP contribution is -2.28. The number of methoxy groups -OCH3 is 1. The molecule has 7 nitrogen and oxygen atoms in total. The van der Waals surface area contributed by atoms with Crippen LogP contribution in [0.15, 0.2) is 75.2 Å². The predicted molar refractivity (Wildman–Crippen MR) is 125 cm³/mol. The van der Waals surface area contributed by atoms with Crippen molar-refractivity contribution in [2.24, 2.45) is 0 Å². The SMILES string of the molecule is COc1ccccc1-n1c(SCC(=O)N(C)Cc2ccco2)nc2cc(Cl)ccc2c1=O. The Morgan fingerprint density at radius 2 is 2.03 bits per heavy atom. The number of furan rings is 1. The first-order chi connectivity index (χ1) is 15.5. The van der Waals surface area contributed by atoms with E-state index >= 15 is 0 Å². The van der Waals surface area contributed by atoms with Crippen LogP contribution in [0.5, 0.6) is 5.75 Å². The maximum Gasteiger partial charge on any atom is 0.266 e. The number of fused-ring (bicyclic) bond motifs is 1. The Bertz CT molecular complexity index is 1320. The third-order valence-electron chi connectivity index (χ3n) is 4.85. The Balaban J connectivity index is 1.72. The summed E-state index contributed by atoms with van der Waals surface area (Å²) in [6.07, 6.45) is 1.57. The van der Waals surface area contributed by atoms with Gasteiger partial charge in [0, 0.05) is 12.1 Å². The highest BCUT2D eigenvalue weighted by molar-refractivity contribution is 7.99. The first kappa shape index (κ1) is 22.0. The highest BCUT2D eigenvalue weighted by Crippen LogP contribution is 2.28. The first-order valence-electron chi connectivity index (χ1n) is 9.73. The molecule has 0 spiro atoms. The van der Waals surface area contributed by atoms with Gasteiger partial charge in [0.2, 0.25) is 5.91 Å². The first-order valence-corrected chi connectivity index (χ1v) is 11.1. The van der Waals surface area contributed by atoms with Crippen molar-refractivity contribution in [1.82, 2.24) is 14.5 Å². The summed E-state index contributed by atoms with van der Waals surface area (Å²) in [6, 6.07) is 15.7. The van der Waals surface area contributed by atoms with Crippen LogP contribution in [0.4, 0.5) is 0 Å². The fraction of sp³-hybridized carbons (Fsp3) is 0.174. The van der Waals surface area contributed by atoms with E-state index in [-0.39, 0.29) is 17.2 Å². The van der Waals surface area contributed by atoms with Crippen LogP contribution < -0.4 is 10.3 Å². The molecule has 0 N–H and O–H groups in total. The Kier molecular flexibility index (Phi) is 6.53. The zero-order valence-corrected chi connectivity index (χ0v) is 19.0. The number of amides is 1.